The van der Waals surface area contributed by atoms with Gasteiger partial charge in [0.1, 0.15) is 0 Å². The molecular weight excluding hydrogens is 196 g/mol. The molecule has 16 heavy (non-hydrogen) atoms. The molecule has 2 unspecified atom stereocenters. The number of aryl methyl sites for hydroxylation is 1. The van der Waals surface area contributed by atoms with Crippen LogP contribution >= 0.6 is 0 Å². The Morgan fingerprint density at radius 3 is 2.44 bits per heavy atom. The maximum Gasteiger partial charge on any atom is 0.0413 e. The van der Waals surface area contributed by atoms with Crippen LogP contribution in [0.2, 0.25) is 0 Å². The summed E-state index contributed by atoms with van der Waals surface area (Å²) in [5, 5.41) is 3.92. The topological polar surface area (TPSA) is 38.4 Å². The van der Waals surface area contributed by atoms with Gasteiger partial charge >= 0.3 is 0 Å². The Morgan fingerprint density at radius 1 is 1.31 bits per heavy atom. The molecule has 1 aromatic carbocycles. The fraction of sp³-hybridized carbons (Fsp3) is 0.500. The fourth-order valence-corrected chi connectivity index (χ4v) is 2.69. The first-order valence-electron chi connectivity index (χ1n) is 5.91. The van der Waals surface area contributed by atoms with Crippen molar-refractivity contribution in [3.63, 3.8) is 0 Å². The van der Waals surface area contributed by atoms with Crippen LogP contribution < -0.4 is 5.84 Å². The second-order valence-corrected chi connectivity index (χ2v) is 5.13. The van der Waals surface area contributed by atoms with Crippen LogP contribution in [0.1, 0.15) is 37.8 Å². The van der Waals surface area contributed by atoms with Gasteiger partial charge in [0.05, 0.1) is 0 Å². The third-order valence-corrected chi connectivity index (χ3v) is 4.23. The zero-order valence-electron chi connectivity index (χ0n) is 10.3. The van der Waals surface area contributed by atoms with E-state index in [0.717, 1.165) is 18.6 Å². The zero-order valence-corrected chi connectivity index (χ0v) is 10.3. The van der Waals surface area contributed by atoms with Crippen LogP contribution in [0.4, 0.5) is 0 Å². The lowest BCUT2D eigenvalue weighted by molar-refractivity contribution is 0.410. The highest BCUT2D eigenvalue weighted by molar-refractivity contribution is 5.90. The molecule has 0 radical (unpaired) electrons. The van der Waals surface area contributed by atoms with E-state index in [1.165, 1.54) is 11.1 Å². The van der Waals surface area contributed by atoms with Crippen molar-refractivity contribution in [3.05, 3.63) is 35.4 Å². The van der Waals surface area contributed by atoms with E-state index >= 15 is 0 Å². The molecule has 2 N–H and O–H groups in total. The molecule has 0 aromatic heterocycles. The lowest BCUT2D eigenvalue weighted by Gasteiger charge is -2.29. The number of benzene rings is 1. The summed E-state index contributed by atoms with van der Waals surface area (Å²) in [6, 6.07) is 8.85. The minimum absolute atomic E-state index is 0.200. The van der Waals surface area contributed by atoms with Gasteiger partial charge < -0.3 is 5.84 Å². The van der Waals surface area contributed by atoms with Crippen molar-refractivity contribution in [3.8, 4) is 0 Å². The Morgan fingerprint density at radius 2 is 1.94 bits per heavy atom. The van der Waals surface area contributed by atoms with Crippen molar-refractivity contribution in [1.29, 1.82) is 0 Å². The molecule has 2 nitrogen and oxygen atoms in total. The first-order chi connectivity index (χ1) is 7.58. The zero-order chi connectivity index (χ0) is 11.8. The summed E-state index contributed by atoms with van der Waals surface area (Å²) in [6.07, 6.45) is 2.18. The second kappa shape index (κ2) is 3.93. The maximum atomic E-state index is 5.44. The van der Waals surface area contributed by atoms with E-state index in [9.17, 15) is 0 Å². The van der Waals surface area contributed by atoms with Crippen molar-refractivity contribution < 1.29 is 0 Å². The highest BCUT2D eigenvalue weighted by Crippen LogP contribution is 2.43. The van der Waals surface area contributed by atoms with Crippen LogP contribution in [-0.2, 0) is 5.41 Å². The Balaban J connectivity index is 2.36. The molecule has 0 amide bonds. The fourth-order valence-electron chi connectivity index (χ4n) is 2.69. The first kappa shape index (κ1) is 11.2. The van der Waals surface area contributed by atoms with E-state index in [1.54, 1.807) is 0 Å². The first-order valence-corrected chi connectivity index (χ1v) is 5.91. The standard InChI is InChI=1S/C14H20N2/c1-10-4-6-12(7-5-10)14(3)9-8-13(16-15)11(14)2/h4-7,11H,8-9,15H2,1-3H3. The lowest BCUT2D eigenvalue weighted by atomic mass is 9.74. The van der Waals surface area contributed by atoms with Crippen LogP contribution in [0.15, 0.2) is 29.4 Å². The highest BCUT2D eigenvalue weighted by atomic mass is 15.1. The average Bonchev–Trinajstić information content (AvgIpc) is 2.58. The third-order valence-electron chi connectivity index (χ3n) is 4.23. The molecule has 1 saturated carbocycles. The molecule has 86 valence electrons. The Hall–Kier alpha value is -1.31. The number of rotatable bonds is 1. The Labute approximate surface area is 97.6 Å². The van der Waals surface area contributed by atoms with Gasteiger partial charge in [-0.05, 0) is 25.3 Å². The minimum Gasteiger partial charge on any atom is -0.323 e. The normalized spacial score (nSPS) is 32.2. The molecule has 1 fully saturated rings. The van der Waals surface area contributed by atoms with Gasteiger partial charge in [-0.25, -0.2) is 0 Å². The second-order valence-electron chi connectivity index (χ2n) is 5.13. The van der Waals surface area contributed by atoms with E-state index in [-0.39, 0.29) is 5.41 Å². The number of hydrogen-bond donors (Lipinski definition) is 1. The summed E-state index contributed by atoms with van der Waals surface area (Å²) in [4.78, 5) is 0. The van der Waals surface area contributed by atoms with Crippen LogP contribution in [0.3, 0.4) is 0 Å². The third kappa shape index (κ3) is 1.62. The Bertz CT molecular complexity index is 405. The summed E-state index contributed by atoms with van der Waals surface area (Å²) in [6.45, 7) is 6.68. The summed E-state index contributed by atoms with van der Waals surface area (Å²) < 4.78 is 0. The average molecular weight is 216 g/mol. The van der Waals surface area contributed by atoms with Crippen LogP contribution in [0.25, 0.3) is 0 Å². The largest absolute Gasteiger partial charge is 0.323 e. The molecule has 0 saturated heterocycles. The van der Waals surface area contributed by atoms with Gasteiger partial charge in [0.25, 0.3) is 0 Å². The number of nitrogens with two attached hydrogens (primary N) is 1. The SMILES string of the molecule is Cc1ccc(C2(C)CCC(=NN)C2C)cc1. The summed E-state index contributed by atoms with van der Waals surface area (Å²) in [7, 11) is 0. The predicted octanol–water partition coefficient (Wildman–Crippen LogP) is 3.00. The van der Waals surface area contributed by atoms with Gasteiger partial charge in [-0.3, -0.25) is 0 Å². The van der Waals surface area contributed by atoms with Gasteiger partial charge in [0.15, 0.2) is 0 Å². The molecule has 2 rings (SSSR count). The van der Waals surface area contributed by atoms with Gasteiger partial charge in [-0.1, -0.05) is 43.7 Å². The molecule has 2 heteroatoms. The van der Waals surface area contributed by atoms with Gasteiger partial charge in [-0.2, -0.15) is 5.10 Å². The van der Waals surface area contributed by atoms with Crippen molar-refractivity contribution in [2.45, 2.75) is 39.0 Å². The molecule has 1 aliphatic rings. The smallest absolute Gasteiger partial charge is 0.0413 e. The molecule has 2 atom stereocenters. The molecule has 0 heterocycles. The Kier molecular flexibility index (Phi) is 2.75. The molecule has 0 aliphatic heterocycles. The minimum atomic E-state index is 0.200. The monoisotopic (exact) mass is 216 g/mol. The van der Waals surface area contributed by atoms with E-state index in [2.05, 4.69) is 50.1 Å². The van der Waals surface area contributed by atoms with E-state index in [1.807, 2.05) is 0 Å². The maximum absolute atomic E-state index is 5.44. The molecule has 0 spiro atoms. The van der Waals surface area contributed by atoms with Gasteiger partial charge in [0, 0.05) is 17.0 Å². The highest BCUT2D eigenvalue weighted by Gasteiger charge is 2.41. The summed E-state index contributed by atoms with van der Waals surface area (Å²) >= 11 is 0. The van der Waals surface area contributed by atoms with Crippen LogP contribution in [0.5, 0.6) is 0 Å². The van der Waals surface area contributed by atoms with Gasteiger partial charge in [-0.15, -0.1) is 0 Å². The van der Waals surface area contributed by atoms with Crippen molar-refractivity contribution in [2.75, 3.05) is 0 Å². The lowest BCUT2D eigenvalue weighted by Crippen LogP contribution is -2.28. The molecular formula is C14H20N2. The van der Waals surface area contributed by atoms with E-state index in [0.29, 0.717) is 5.92 Å². The van der Waals surface area contributed by atoms with E-state index in [4.69, 9.17) is 5.84 Å². The van der Waals surface area contributed by atoms with Gasteiger partial charge in [0.2, 0.25) is 0 Å². The van der Waals surface area contributed by atoms with E-state index < -0.39 is 0 Å². The van der Waals surface area contributed by atoms with Crippen molar-refractivity contribution in [1.82, 2.24) is 0 Å². The van der Waals surface area contributed by atoms with Crippen molar-refractivity contribution >= 4 is 5.71 Å². The van der Waals surface area contributed by atoms with Crippen LogP contribution in [-0.4, -0.2) is 5.71 Å². The number of nitrogens with zero attached hydrogens (tertiary/aromatic N) is 1. The summed E-state index contributed by atoms with van der Waals surface area (Å²) in [5.41, 5.74) is 4.07. The van der Waals surface area contributed by atoms with Crippen LogP contribution in [0, 0.1) is 12.8 Å². The summed E-state index contributed by atoms with van der Waals surface area (Å²) in [5.74, 6) is 5.88. The van der Waals surface area contributed by atoms with Crippen molar-refractivity contribution in [2.24, 2.45) is 16.9 Å². The molecule has 0 bridgehead atoms. The molecule has 1 aromatic rings. The number of hydrogen-bond acceptors (Lipinski definition) is 2. The molecule has 1 aliphatic carbocycles. The number of hydrazone groups is 1. The quantitative estimate of drug-likeness (QED) is 0.569. The predicted molar refractivity (Wildman–Crippen MR) is 68.6 cm³/mol.